The van der Waals surface area contributed by atoms with Gasteiger partial charge in [0, 0.05) is 31.2 Å². The number of piperidine rings is 1. The number of rotatable bonds is 6. The van der Waals surface area contributed by atoms with Crippen LogP contribution in [0.4, 0.5) is 24.5 Å². The number of hydrogen-bond donors (Lipinski definition) is 1. The Kier molecular flexibility index (Phi) is 8.08. The number of fused-ring (bicyclic) bond motifs is 5. The number of halogens is 3. The van der Waals surface area contributed by atoms with Crippen molar-refractivity contribution in [3.05, 3.63) is 75.6 Å². The van der Waals surface area contributed by atoms with E-state index < -0.39 is 45.9 Å². The Balaban J connectivity index is 1.84. The van der Waals surface area contributed by atoms with Crippen LogP contribution in [0.25, 0.3) is 27.7 Å². The molecule has 1 fully saturated rings. The maximum atomic E-state index is 17.3. The molecule has 0 saturated carbocycles. The first-order valence-electron chi connectivity index (χ1n) is 15.6. The lowest BCUT2D eigenvalue weighted by molar-refractivity contribution is -0.120. The van der Waals surface area contributed by atoms with Gasteiger partial charge in [0.2, 0.25) is 5.91 Å². The Labute approximate surface area is 265 Å². The number of benzene rings is 2. The monoisotopic (exact) mass is 633 g/mol. The summed E-state index contributed by atoms with van der Waals surface area (Å²) >= 11 is 0. The van der Waals surface area contributed by atoms with Gasteiger partial charge in [-0.25, -0.2) is 13.2 Å². The zero-order valence-electron chi connectivity index (χ0n) is 26.9. The second kappa shape index (κ2) is 11.8. The molecule has 0 unspecified atom stereocenters. The normalized spacial score (nSPS) is 18.1. The molecule has 0 spiro atoms. The number of aromatic nitrogens is 2. The molecule has 2 aliphatic rings. The molecule has 0 bridgehead atoms. The van der Waals surface area contributed by atoms with Crippen molar-refractivity contribution < 1.29 is 23.1 Å². The molecule has 8 nitrogen and oxygen atoms in total. The third kappa shape index (κ3) is 4.92. The van der Waals surface area contributed by atoms with E-state index in [4.69, 9.17) is 0 Å². The van der Waals surface area contributed by atoms with E-state index in [9.17, 15) is 9.90 Å². The Hall–Kier alpha value is -4.38. The van der Waals surface area contributed by atoms with E-state index in [0.717, 1.165) is 24.6 Å². The van der Waals surface area contributed by atoms with Crippen molar-refractivity contribution in [1.29, 1.82) is 0 Å². The average molecular weight is 634 g/mol. The molecular weight excluding hydrogens is 595 g/mol. The predicted octanol–water partition coefficient (Wildman–Crippen LogP) is 6.12. The summed E-state index contributed by atoms with van der Waals surface area (Å²) in [6.45, 7) is 8.63. The molecule has 6 rings (SSSR count). The summed E-state index contributed by atoms with van der Waals surface area (Å²) in [7, 11) is 3.72. The highest BCUT2D eigenvalue weighted by molar-refractivity contribution is 6.12. The summed E-state index contributed by atoms with van der Waals surface area (Å²) < 4.78 is 49.9. The number of anilines is 2. The second-order valence-electron chi connectivity index (χ2n) is 13.1. The number of aryl methyl sites for hydroxylation is 1. The van der Waals surface area contributed by atoms with Crippen molar-refractivity contribution in [2.45, 2.75) is 52.5 Å². The van der Waals surface area contributed by atoms with Crippen LogP contribution in [0.1, 0.15) is 50.8 Å². The van der Waals surface area contributed by atoms with E-state index in [0.29, 0.717) is 36.5 Å². The van der Waals surface area contributed by atoms with Crippen LogP contribution in [0.2, 0.25) is 0 Å². The van der Waals surface area contributed by atoms with Crippen LogP contribution in [0.15, 0.2) is 41.3 Å². The van der Waals surface area contributed by atoms with E-state index in [1.807, 2.05) is 44.7 Å². The lowest BCUT2D eigenvalue weighted by Gasteiger charge is -2.47. The number of hydrogen-bond acceptors (Lipinski definition) is 6. The van der Waals surface area contributed by atoms with Gasteiger partial charge in [-0.1, -0.05) is 26.8 Å². The van der Waals surface area contributed by atoms with Crippen LogP contribution >= 0.6 is 0 Å². The average Bonchev–Trinajstić information content (AvgIpc) is 2.98. The number of amides is 1. The summed E-state index contributed by atoms with van der Waals surface area (Å²) in [6, 6.07) is 5.58. The van der Waals surface area contributed by atoms with Crippen LogP contribution < -0.4 is 15.4 Å². The summed E-state index contributed by atoms with van der Waals surface area (Å²) in [5.41, 5.74) is -0.652. The van der Waals surface area contributed by atoms with Crippen LogP contribution in [-0.4, -0.2) is 65.2 Å². The lowest BCUT2D eigenvalue weighted by atomic mass is 9.89. The molecule has 4 aromatic rings. The largest absolute Gasteiger partial charge is 0.507 e. The molecule has 1 N–H and O–H groups in total. The molecule has 1 saturated heterocycles. The third-order valence-electron chi connectivity index (χ3n) is 9.16. The topological polar surface area (TPSA) is 81.9 Å². The molecule has 1 amide bonds. The summed E-state index contributed by atoms with van der Waals surface area (Å²) in [5.74, 6) is -4.25. The molecule has 242 valence electrons. The summed E-state index contributed by atoms with van der Waals surface area (Å²) in [5, 5.41) is 10.7. The standard InChI is InChI=1S/C35H38F3N5O3/c1-18(2)29-30(20(4)12-13-39-29)43-31-21(16-23(37)27(28(31)38)26-22(36)8-7-9-25(26)44)32-33(35(43)46)41(15-14-40(5)6)34(45)24-11-10-19(3)17-42(24)32/h7-9,12-13,16,18-19,24,44H,10-11,14-15,17H2,1-6H3/t19-,24+/m0/s1. The molecule has 2 aromatic carbocycles. The molecule has 0 radical (unpaired) electrons. The first kappa shape index (κ1) is 31.6. The SMILES string of the molecule is Cc1ccnc(C(C)C)c1-n1c(=O)c2c(c3cc(F)c(-c4c(O)cccc4F)c(F)c31)N1C[C@@H](C)CC[C@@H]1C(=O)N2CCN(C)C. The highest BCUT2D eigenvalue weighted by Crippen LogP contribution is 2.47. The van der Waals surface area contributed by atoms with E-state index >= 15 is 18.0 Å². The van der Waals surface area contributed by atoms with Crippen molar-refractivity contribution in [2.75, 3.05) is 43.5 Å². The quantitative estimate of drug-likeness (QED) is 0.276. The van der Waals surface area contributed by atoms with E-state index in [1.54, 1.807) is 19.2 Å². The van der Waals surface area contributed by atoms with Gasteiger partial charge in [-0.05, 0) is 75.5 Å². The molecule has 2 atom stereocenters. The van der Waals surface area contributed by atoms with Gasteiger partial charge < -0.3 is 19.8 Å². The van der Waals surface area contributed by atoms with E-state index in [-0.39, 0.29) is 46.6 Å². The van der Waals surface area contributed by atoms with Crippen LogP contribution in [0, 0.1) is 30.3 Å². The number of nitrogens with zero attached hydrogens (tertiary/aromatic N) is 5. The van der Waals surface area contributed by atoms with Gasteiger partial charge in [-0.15, -0.1) is 0 Å². The minimum absolute atomic E-state index is 0.0444. The van der Waals surface area contributed by atoms with E-state index in [1.165, 1.54) is 15.5 Å². The Morgan fingerprint density at radius 1 is 1.02 bits per heavy atom. The van der Waals surface area contributed by atoms with Gasteiger partial charge in [0.15, 0.2) is 5.82 Å². The smallest absolute Gasteiger partial charge is 0.281 e. The van der Waals surface area contributed by atoms with Gasteiger partial charge in [-0.3, -0.25) is 19.1 Å². The van der Waals surface area contributed by atoms with E-state index in [2.05, 4.69) is 4.98 Å². The highest BCUT2D eigenvalue weighted by Gasteiger charge is 2.45. The zero-order chi connectivity index (χ0) is 33.2. The van der Waals surface area contributed by atoms with Crippen molar-refractivity contribution in [2.24, 2.45) is 5.92 Å². The summed E-state index contributed by atoms with van der Waals surface area (Å²) in [4.78, 5) is 38.9. The van der Waals surface area contributed by atoms with Crippen LogP contribution in [-0.2, 0) is 4.79 Å². The summed E-state index contributed by atoms with van der Waals surface area (Å²) in [6.07, 6.45) is 2.91. The first-order chi connectivity index (χ1) is 21.8. The van der Waals surface area contributed by atoms with Crippen molar-refractivity contribution in [1.82, 2.24) is 14.5 Å². The van der Waals surface area contributed by atoms with Crippen molar-refractivity contribution in [3.8, 4) is 22.6 Å². The molecular formula is C35H38F3N5O3. The first-order valence-corrected chi connectivity index (χ1v) is 15.6. The molecule has 4 heterocycles. The third-order valence-corrected chi connectivity index (χ3v) is 9.16. The second-order valence-corrected chi connectivity index (χ2v) is 13.1. The Morgan fingerprint density at radius 2 is 1.76 bits per heavy atom. The lowest BCUT2D eigenvalue weighted by Crippen LogP contribution is -2.59. The number of aromatic hydroxyl groups is 1. The minimum atomic E-state index is -1.20. The Morgan fingerprint density at radius 3 is 2.43 bits per heavy atom. The molecule has 0 aliphatic carbocycles. The predicted molar refractivity (Wildman–Crippen MR) is 174 cm³/mol. The maximum Gasteiger partial charge on any atom is 0.281 e. The van der Waals surface area contributed by atoms with Gasteiger partial charge >= 0.3 is 0 Å². The van der Waals surface area contributed by atoms with Crippen molar-refractivity contribution >= 4 is 28.2 Å². The highest BCUT2D eigenvalue weighted by atomic mass is 19.1. The van der Waals surface area contributed by atoms with Crippen LogP contribution in [0.5, 0.6) is 5.75 Å². The van der Waals surface area contributed by atoms with Crippen LogP contribution in [0.3, 0.4) is 0 Å². The van der Waals surface area contributed by atoms with Gasteiger partial charge in [0.1, 0.15) is 29.1 Å². The number of phenols is 1. The number of carbonyl (C=O) groups is 1. The van der Waals surface area contributed by atoms with Gasteiger partial charge in [0.25, 0.3) is 5.56 Å². The maximum absolute atomic E-state index is 17.3. The Bertz CT molecular complexity index is 1920. The fourth-order valence-electron chi connectivity index (χ4n) is 6.93. The molecule has 2 aliphatic heterocycles. The minimum Gasteiger partial charge on any atom is -0.507 e. The molecule has 2 aromatic heterocycles. The number of phenolic OH excluding ortho intramolecular Hbond substituents is 1. The number of pyridine rings is 2. The fourth-order valence-corrected chi connectivity index (χ4v) is 6.93. The van der Waals surface area contributed by atoms with Gasteiger partial charge in [-0.2, -0.15) is 0 Å². The molecule has 11 heteroatoms. The number of likely N-dealkylation sites (N-methyl/N-ethyl adjacent to an activating group) is 1. The zero-order valence-corrected chi connectivity index (χ0v) is 26.9. The fraction of sp³-hybridized carbons (Fsp3) is 0.400. The van der Waals surface area contributed by atoms with Crippen molar-refractivity contribution in [3.63, 3.8) is 0 Å². The van der Waals surface area contributed by atoms with Gasteiger partial charge in [0.05, 0.1) is 33.7 Å². The molecule has 46 heavy (non-hydrogen) atoms. The number of carbonyl (C=O) groups excluding carboxylic acids is 1.